The van der Waals surface area contributed by atoms with Gasteiger partial charge in [0.1, 0.15) is 0 Å². The number of aryl methyl sites for hydroxylation is 1. The number of rotatable bonds is 6. The lowest BCUT2D eigenvalue weighted by atomic mass is 9.83. The minimum Gasteiger partial charge on any atom is -0.335 e. The molecule has 27 heavy (non-hydrogen) atoms. The molecule has 0 bridgehead atoms. The lowest BCUT2D eigenvalue weighted by Crippen LogP contribution is -2.55. The van der Waals surface area contributed by atoms with Crippen molar-refractivity contribution in [1.29, 1.82) is 0 Å². The van der Waals surface area contributed by atoms with Gasteiger partial charge in [-0.05, 0) is 55.3 Å². The fourth-order valence-electron chi connectivity index (χ4n) is 4.67. The maximum atomic E-state index is 12.6. The summed E-state index contributed by atoms with van der Waals surface area (Å²) in [5.74, 6) is 0.933. The monoisotopic (exact) mass is 363 g/mol. The van der Waals surface area contributed by atoms with Crippen LogP contribution in [0.2, 0.25) is 0 Å². The maximum absolute atomic E-state index is 12.6. The van der Waals surface area contributed by atoms with E-state index in [0.29, 0.717) is 30.8 Å². The minimum atomic E-state index is 0.317. The number of benzene rings is 1. The number of carbonyl (C=O) groups is 1. The number of hydrogen-bond donors (Lipinski definition) is 0. The molecule has 1 aromatic heterocycles. The molecule has 142 valence electrons. The molecule has 2 aliphatic rings. The Labute approximate surface area is 162 Å². The first kappa shape index (κ1) is 18.2. The van der Waals surface area contributed by atoms with E-state index < -0.39 is 0 Å². The van der Waals surface area contributed by atoms with Crippen molar-refractivity contribution in [3.63, 3.8) is 0 Å². The van der Waals surface area contributed by atoms with E-state index in [0.717, 1.165) is 44.5 Å². The molecule has 1 amide bonds. The van der Waals surface area contributed by atoms with Gasteiger partial charge < -0.3 is 9.80 Å². The smallest absolute Gasteiger partial charge is 0.223 e. The van der Waals surface area contributed by atoms with Gasteiger partial charge in [0, 0.05) is 44.5 Å². The normalized spacial score (nSPS) is 23.3. The largest absolute Gasteiger partial charge is 0.335 e. The van der Waals surface area contributed by atoms with E-state index in [9.17, 15) is 4.79 Å². The molecule has 2 aliphatic heterocycles. The highest BCUT2D eigenvalue weighted by molar-refractivity contribution is 5.77. The van der Waals surface area contributed by atoms with Gasteiger partial charge in [-0.25, -0.2) is 0 Å². The zero-order valence-electron chi connectivity index (χ0n) is 16.0. The van der Waals surface area contributed by atoms with Crippen LogP contribution in [0, 0.1) is 5.92 Å². The number of hydrogen-bond acceptors (Lipinski definition) is 3. The SMILES string of the molecule is O=C1CC[C@@H]2CN(CCCc3ccccc3)CC[C@@H]2N1Cc1cccnc1. The van der Waals surface area contributed by atoms with E-state index in [4.69, 9.17) is 0 Å². The van der Waals surface area contributed by atoms with Gasteiger partial charge in [-0.2, -0.15) is 0 Å². The third-order valence-electron chi connectivity index (χ3n) is 6.09. The molecule has 0 N–H and O–H groups in total. The molecule has 4 heteroatoms. The predicted octanol–water partition coefficient (Wildman–Crippen LogP) is 3.53. The van der Waals surface area contributed by atoms with E-state index >= 15 is 0 Å². The van der Waals surface area contributed by atoms with Crippen molar-refractivity contribution in [1.82, 2.24) is 14.8 Å². The summed E-state index contributed by atoms with van der Waals surface area (Å²) in [6.07, 6.45) is 8.87. The van der Waals surface area contributed by atoms with Crippen molar-refractivity contribution in [3.05, 3.63) is 66.0 Å². The average Bonchev–Trinajstić information content (AvgIpc) is 2.72. The Hall–Kier alpha value is -2.20. The van der Waals surface area contributed by atoms with E-state index in [1.165, 1.54) is 12.0 Å². The fourth-order valence-corrected chi connectivity index (χ4v) is 4.67. The van der Waals surface area contributed by atoms with Crippen LogP contribution < -0.4 is 0 Å². The Bertz CT molecular complexity index is 734. The second kappa shape index (κ2) is 8.66. The maximum Gasteiger partial charge on any atom is 0.223 e. The minimum absolute atomic E-state index is 0.317. The third kappa shape index (κ3) is 4.56. The predicted molar refractivity (Wildman–Crippen MR) is 107 cm³/mol. The van der Waals surface area contributed by atoms with Crippen molar-refractivity contribution in [2.75, 3.05) is 19.6 Å². The number of aromatic nitrogens is 1. The first-order chi connectivity index (χ1) is 13.3. The zero-order chi connectivity index (χ0) is 18.5. The number of nitrogens with zero attached hydrogens (tertiary/aromatic N) is 3. The Morgan fingerprint density at radius 1 is 1.04 bits per heavy atom. The summed E-state index contributed by atoms with van der Waals surface area (Å²) < 4.78 is 0. The second-order valence-corrected chi connectivity index (χ2v) is 7.93. The van der Waals surface area contributed by atoms with Crippen molar-refractivity contribution in [3.8, 4) is 0 Å². The van der Waals surface area contributed by atoms with Crippen LogP contribution >= 0.6 is 0 Å². The highest BCUT2D eigenvalue weighted by atomic mass is 16.2. The zero-order valence-corrected chi connectivity index (χ0v) is 16.0. The molecule has 3 heterocycles. The lowest BCUT2D eigenvalue weighted by molar-refractivity contribution is -0.142. The first-order valence-corrected chi connectivity index (χ1v) is 10.2. The number of likely N-dealkylation sites (tertiary alicyclic amines) is 2. The average molecular weight is 364 g/mol. The molecule has 1 aromatic carbocycles. The van der Waals surface area contributed by atoms with Crippen LogP contribution in [0.3, 0.4) is 0 Å². The number of carbonyl (C=O) groups excluding carboxylic acids is 1. The molecule has 2 atom stereocenters. The molecule has 0 aliphatic carbocycles. The summed E-state index contributed by atoms with van der Waals surface area (Å²) in [6.45, 7) is 4.11. The van der Waals surface area contributed by atoms with Crippen LogP contribution in [0.15, 0.2) is 54.9 Å². The van der Waals surface area contributed by atoms with Crippen molar-refractivity contribution >= 4 is 5.91 Å². The summed E-state index contributed by atoms with van der Waals surface area (Å²) in [5, 5.41) is 0. The van der Waals surface area contributed by atoms with E-state index in [1.54, 1.807) is 6.20 Å². The quantitative estimate of drug-likeness (QED) is 0.788. The van der Waals surface area contributed by atoms with E-state index in [-0.39, 0.29) is 0 Å². The molecule has 0 unspecified atom stereocenters. The van der Waals surface area contributed by atoms with Crippen LogP contribution in [0.1, 0.15) is 36.8 Å². The van der Waals surface area contributed by atoms with Gasteiger partial charge in [0.05, 0.1) is 0 Å². The van der Waals surface area contributed by atoms with Crippen LogP contribution in [-0.2, 0) is 17.8 Å². The van der Waals surface area contributed by atoms with E-state index in [1.807, 2.05) is 12.3 Å². The van der Waals surface area contributed by atoms with Crippen LogP contribution in [0.25, 0.3) is 0 Å². The molecule has 2 fully saturated rings. The third-order valence-corrected chi connectivity index (χ3v) is 6.09. The Morgan fingerprint density at radius 2 is 1.89 bits per heavy atom. The van der Waals surface area contributed by atoms with Gasteiger partial charge in [0.15, 0.2) is 0 Å². The number of pyridine rings is 1. The molecule has 2 aromatic rings. The number of amides is 1. The summed E-state index contributed by atoms with van der Waals surface area (Å²) in [7, 11) is 0. The molecular weight excluding hydrogens is 334 g/mol. The van der Waals surface area contributed by atoms with Gasteiger partial charge in [-0.15, -0.1) is 0 Å². The molecule has 0 radical (unpaired) electrons. The summed E-state index contributed by atoms with van der Waals surface area (Å²) in [5.41, 5.74) is 2.56. The van der Waals surface area contributed by atoms with Crippen LogP contribution in [0.4, 0.5) is 0 Å². The van der Waals surface area contributed by atoms with Gasteiger partial charge in [-0.3, -0.25) is 9.78 Å². The van der Waals surface area contributed by atoms with Crippen molar-refractivity contribution in [2.24, 2.45) is 5.92 Å². The van der Waals surface area contributed by atoms with Crippen LogP contribution in [-0.4, -0.2) is 46.4 Å². The number of fused-ring (bicyclic) bond motifs is 1. The molecule has 4 nitrogen and oxygen atoms in total. The van der Waals surface area contributed by atoms with Gasteiger partial charge in [0.2, 0.25) is 5.91 Å². The number of piperidine rings is 2. The summed E-state index contributed by atoms with van der Waals surface area (Å²) in [6, 6.07) is 15.2. The Kier molecular flexibility index (Phi) is 5.83. The van der Waals surface area contributed by atoms with E-state index in [2.05, 4.69) is 51.2 Å². The van der Waals surface area contributed by atoms with Gasteiger partial charge in [0.25, 0.3) is 0 Å². The topological polar surface area (TPSA) is 36.4 Å². The van der Waals surface area contributed by atoms with Gasteiger partial charge >= 0.3 is 0 Å². The molecule has 4 rings (SSSR count). The Morgan fingerprint density at radius 3 is 2.70 bits per heavy atom. The molecule has 2 saturated heterocycles. The highest BCUT2D eigenvalue weighted by Crippen LogP contribution is 2.32. The van der Waals surface area contributed by atoms with Crippen LogP contribution in [0.5, 0.6) is 0 Å². The summed E-state index contributed by atoms with van der Waals surface area (Å²) >= 11 is 0. The van der Waals surface area contributed by atoms with Crippen molar-refractivity contribution < 1.29 is 4.79 Å². The summed E-state index contributed by atoms with van der Waals surface area (Å²) in [4.78, 5) is 21.5. The molecule has 0 saturated carbocycles. The molecular formula is C23H29N3O. The first-order valence-electron chi connectivity index (χ1n) is 10.2. The fraction of sp³-hybridized carbons (Fsp3) is 0.478. The highest BCUT2D eigenvalue weighted by Gasteiger charge is 2.38. The van der Waals surface area contributed by atoms with Crippen molar-refractivity contribution in [2.45, 2.75) is 44.7 Å². The lowest BCUT2D eigenvalue weighted by Gasteiger charge is -2.47. The van der Waals surface area contributed by atoms with Gasteiger partial charge in [-0.1, -0.05) is 36.4 Å². The standard InChI is InChI=1S/C23H29N3O/c27-23-11-10-21-18-25(14-5-9-19-6-2-1-3-7-19)15-12-22(21)26(23)17-20-8-4-13-24-16-20/h1-4,6-8,13,16,21-22H,5,9-12,14-15,17-18H2/t21-,22+/m1/s1. The molecule has 0 spiro atoms. The second-order valence-electron chi connectivity index (χ2n) is 7.93. The Balaban J connectivity index is 1.31.